The van der Waals surface area contributed by atoms with Gasteiger partial charge in [0.15, 0.2) is 5.82 Å². The van der Waals surface area contributed by atoms with Gasteiger partial charge >= 0.3 is 12.2 Å². The fourth-order valence-electron chi connectivity index (χ4n) is 5.79. The number of hydrogen-bond acceptors (Lipinski definition) is 8. The highest BCUT2D eigenvalue weighted by Crippen LogP contribution is 2.35. The van der Waals surface area contributed by atoms with Gasteiger partial charge in [0.25, 0.3) is 0 Å². The number of nitrogens with one attached hydrogen (secondary N) is 4. The third-order valence-corrected chi connectivity index (χ3v) is 8.33. The lowest BCUT2D eigenvalue weighted by Gasteiger charge is -2.33. The number of halogens is 3. The molecule has 45 heavy (non-hydrogen) atoms. The van der Waals surface area contributed by atoms with Crippen molar-refractivity contribution < 1.29 is 18.0 Å². The maximum atomic E-state index is 14.0. The molecule has 2 fully saturated rings. The van der Waals surface area contributed by atoms with Crippen LogP contribution in [0.5, 0.6) is 0 Å². The summed E-state index contributed by atoms with van der Waals surface area (Å²) in [5, 5.41) is 17.2. The summed E-state index contributed by atoms with van der Waals surface area (Å²) < 4.78 is 43.5. The maximum absolute atomic E-state index is 14.0. The first kappa shape index (κ1) is 30.7. The van der Waals surface area contributed by atoms with E-state index in [9.17, 15) is 18.0 Å². The van der Waals surface area contributed by atoms with Crippen LogP contribution in [0.2, 0.25) is 0 Å². The molecular weight excluding hydrogens is 585 g/mol. The molecule has 4 heterocycles. The van der Waals surface area contributed by atoms with E-state index in [2.05, 4.69) is 41.2 Å². The minimum atomic E-state index is -4.55. The van der Waals surface area contributed by atoms with E-state index in [0.717, 1.165) is 67.2 Å². The topological polar surface area (TPSA) is 115 Å². The van der Waals surface area contributed by atoms with Crippen molar-refractivity contribution in [3.8, 4) is 11.3 Å². The van der Waals surface area contributed by atoms with Gasteiger partial charge in [0.1, 0.15) is 0 Å². The van der Waals surface area contributed by atoms with E-state index >= 15 is 0 Å². The number of anilines is 3. The first-order chi connectivity index (χ1) is 21.6. The Morgan fingerprint density at radius 1 is 1.00 bits per heavy atom. The van der Waals surface area contributed by atoms with E-state index in [0.29, 0.717) is 25.1 Å². The highest BCUT2D eigenvalue weighted by molar-refractivity contribution is 5.99. The zero-order chi connectivity index (χ0) is 31.6. The Balaban J connectivity index is 1.12. The third kappa shape index (κ3) is 7.52. The Kier molecular flexibility index (Phi) is 8.88. The molecule has 2 aromatic carbocycles. The van der Waals surface area contributed by atoms with Gasteiger partial charge < -0.3 is 20.9 Å². The number of aromatic nitrogens is 4. The molecule has 11 nitrogen and oxygen atoms in total. The van der Waals surface area contributed by atoms with E-state index in [1.165, 1.54) is 12.1 Å². The lowest BCUT2D eigenvalue weighted by atomic mass is 10.0. The van der Waals surface area contributed by atoms with E-state index in [1.807, 2.05) is 30.1 Å². The molecule has 0 aliphatic carbocycles. The highest BCUT2D eigenvalue weighted by atomic mass is 19.4. The van der Waals surface area contributed by atoms with Gasteiger partial charge in [0.2, 0.25) is 5.95 Å². The maximum Gasteiger partial charge on any atom is 0.416 e. The minimum Gasteiger partial charge on any atom is -0.351 e. The van der Waals surface area contributed by atoms with E-state index < -0.39 is 17.8 Å². The quantitative estimate of drug-likeness (QED) is 0.237. The van der Waals surface area contributed by atoms with Crippen LogP contribution in [0.15, 0.2) is 48.7 Å². The van der Waals surface area contributed by atoms with Crippen LogP contribution in [-0.4, -0.2) is 87.9 Å². The van der Waals surface area contributed by atoms with Crippen LogP contribution in [-0.2, 0) is 19.8 Å². The number of fused-ring (bicyclic) bond motifs is 1. The van der Waals surface area contributed by atoms with Gasteiger partial charge in [-0.2, -0.15) is 18.3 Å². The van der Waals surface area contributed by atoms with Crippen LogP contribution < -0.4 is 21.3 Å². The second kappa shape index (κ2) is 13.0. The Morgan fingerprint density at radius 3 is 2.53 bits per heavy atom. The number of hydrogen-bond donors (Lipinski definition) is 4. The number of carbonyl (C=O) groups excluding carboxylic acids is 1. The van der Waals surface area contributed by atoms with Gasteiger partial charge in [-0.1, -0.05) is 12.1 Å². The SMILES string of the molecule is CN1CCN(Cc2ccc(NC(=O)Nc3cc(-c4ccc5nc(NC6CCNCC6)ncc5c4)n(C)n3)cc2C(F)(F)F)CC1. The summed E-state index contributed by atoms with van der Waals surface area (Å²) in [5.74, 6) is 0.859. The monoisotopic (exact) mass is 622 g/mol. The van der Waals surface area contributed by atoms with Crippen molar-refractivity contribution in [1.82, 2.24) is 34.9 Å². The first-order valence-electron chi connectivity index (χ1n) is 15.1. The molecule has 6 rings (SSSR count). The van der Waals surface area contributed by atoms with Crippen molar-refractivity contribution in [2.45, 2.75) is 31.6 Å². The van der Waals surface area contributed by atoms with Gasteiger partial charge in [0.05, 0.1) is 16.8 Å². The third-order valence-electron chi connectivity index (χ3n) is 8.33. The molecule has 2 saturated heterocycles. The number of amides is 2. The number of nitrogens with zero attached hydrogens (tertiary/aromatic N) is 6. The Labute approximate surface area is 259 Å². The molecule has 2 aliphatic heterocycles. The number of carbonyl (C=O) groups is 1. The van der Waals surface area contributed by atoms with Gasteiger partial charge in [-0.15, -0.1) is 0 Å². The minimum absolute atomic E-state index is 0.0432. The molecule has 4 aromatic rings. The normalized spacial score (nSPS) is 17.0. The summed E-state index contributed by atoms with van der Waals surface area (Å²) in [6, 6.07) is 11.1. The van der Waals surface area contributed by atoms with Crippen molar-refractivity contribution in [3.05, 3.63) is 59.8 Å². The molecule has 238 valence electrons. The molecule has 0 atom stereocenters. The molecule has 0 bridgehead atoms. The fourth-order valence-corrected chi connectivity index (χ4v) is 5.79. The molecule has 2 amide bonds. The average Bonchev–Trinajstić information content (AvgIpc) is 3.38. The molecule has 0 unspecified atom stereocenters. The number of alkyl halides is 3. The van der Waals surface area contributed by atoms with E-state index in [4.69, 9.17) is 0 Å². The molecular formula is C31H37F3N10O. The number of benzene rings is 2. The van der Waals surface area contributed by atoms with Crippen molar-refractivity contribution in [3.63, 3.8) is 0 Å². The molecule has 0 saturated carbocycles. The van der Waals surface area contributed by atoms with Crippen molar-refractivity contribution >= 4 is 34.4 Å². The zero-order valence-electron chi connectivity index (χ0n) is 25.3. The van der Waals surface area contributed by atoms with Crippen molar-refractivity contribution in [2.75, 3.05) is 62.3 Å². The van der Waals surface area contributed by atoms with Gasteiger partial charge in [-0.05, 0) is 62.8 Å². The lowest BCUT2D eigenvalue weighted by molar-refractivity contribution is -0.138. The Hall–Kier alpha value is -4.27. The molecule has 4 N–H and O–H groups in total. The van der Waals surface area contributed by atoms with Crippen LogP contribution in [0.3, 0.4) is 0 Å². The second-order valence-electron chi connectivity index (χ2n) is 11.7. The second-order valence-corrected chi connectivity index (χ2v) is 11.7. The van der Waals surface area contributed by atoms with Gasteiger partial charge in [-0.25, -0.2) is 14.8 Å². The van der Waals surface area contributed by atoms with Crippen molar-refractivity contribution in [2.24, 2.45) is 7.05 Å². The number of aryl methyl sites for hydroxylation is 1. The van der Waals surface area contributed by atoms with Gasteiger partial charge in [-0.3, -0.25) is 14.9 Å². The summed E-state index contributed by atoms with van der Waals surface area (Å²) in [7, 11) is 3.75. The number of piperazine rings is 1. The number of urea groups is 1. The Morgan fingerprint density at radius 2 is 1.78 bits per heavy atom. The summed E-state index contributed by atoms with van der Waals surface area (Å²) in [4.78, 5) is 26.1. The van der Waals surface area contributed by atoms with Gasteiger partial charge in [0, 0.05) is 74.7 Å². The van der Waals surface area contributed by atoms with Crippen molar-refractivity contribution in [1.29, 1.82) is 0 Å². The molecule has 0 spiro atoms. The predicted molar refractivity (Wildman–Crippen MR) is 168 cm³/mol. The molecule has 2 aliphatic rings. The summed E-state index contributed by atoms with van der Waals surface area (Å²) in [5.41, 5.74) is 1.85. The van der Waals surface area contributed by atoms with Crippen LogP contribution in [0.1, 0.15) is 24.0 Å². The number of rotatable bonds is 7. The zero-order valence-corrected chi connectivity index (χ0v) is 25.3. The summed E-state index contributed by atoms with van der Waals surface area (Å²) in [6.07, 6.45) is -0.730. The predicted octanol–water partition coefficient (Wildman–Crippen LogP) is 4.60. The highest BCUT2D eigenvalue weighted by Gasteiger charge is 2.34. The average molecular weight is 623 g/mol. The fraction of sp³-hybridized carbons (Fsp3) is 0.419. The summed E-state index contributed by atoms with van der Waals surface area (Å²) >= 11 is 0. The molecule has 14 heteroatoms. The van der Waals surface area contributed by atoms with Crippen LogP contribution >= 0.6 is 0 Å². The molecule has 0 radical (unpaired) electrons. The van der Waals surface area contributed by atoms with Crippen LogP contribution in [0, 0.1) is 0 Å². The lowest BCUT2D eigenvalue weighted by Crippen LogP contribution is -2.44. The van der Waals surface area contributed by atoms with E-state index in [1.54, 1.807) is 24.0 Å². The van der Waals surface area contributed by atoms with Crippen LogP contribution in [0.25, 0.3) is 22.2 Å². The number of piperidine rings is 1. The molecule has 2 aromatic heterocycles. The standard InChI is InChI=1S/C31H37F3N10O/c1-42-11-13-44(14-12-42)19-21-3-5-24(16-25(21)31(32,33)34)38-30(45)40-28-17-27(43(2)41-28)20-4-6-26-22(15-20)18-36-29(39-26)37-23-7-9-35-10-8-23/h3-6,15-18,23,35H,7-14,19H2,1-2H3,(H,36,37,39)(H2,38,40,41,45). The first-order valence-corrected chi connectivity index (χ1v) is 15.1. The smallest absolute Gasteiger partial charge is 0.351 e. The largest absolute Gasteiger partial charge is 0.416 e. The van der Waals surface area contributed by atoms with Crippen LogP contribution in [0.4, 0.5) is 35.4 Å². The number of likely N-dealkylation sites (N-methyl/N-ethyl adjacent to an activating group) is 1. The summed E-state index contributed by atoms with van der Waals surface area (Å²) in [6.45, 7) is 5.16. The Bertz CT molecular complexity index is 1660. The van der Waals surface area contributed by atoms with E-state index in [-0.39, 0.29) is 23.6 Å².